The fraction of sp³-hybridized carbons (Fsp3) is 0.286. The first-order valence-corrected chi connectivity index (χ1v) is 14.4. The van der Waals surface area contributed by atoms with Crippen LogP contribution in [-0.4, -0.2) is 19.1 Å². The van der Waals surface area contributed by atoms with Gasteiger partial charge in [0, 0.05) is 52.9 Å². The topological polar surface area (TPSA) is 50.8 Å². The summed E-state index contributed by atoms with van der Waals surface area (Å²) in [4.78, 5) is 15.6. The van der Waals surface area contributed by atoms with Crippen LogP contribution in [0.2, 0.25) is 0 Å². The molecule has 0 amide bonds. The zero-order valence-corrected chi connectivity index (χ0v) is 23.5. The number of carbonyl (C=O) groups is 1. The number of anilines is 3. The number of ether oxygens (including phenoxy) is 2. The molecule has 40 heavy (non-hydrogen) atoms. The Kier molecular flexibility index (Phi) is 6.97. The van der Waals surface area contributed by atoms with Gasteiger partial charge in [-0.25, -0.2) is 4.79 Å². The van der Waals surface area contributed by atoms with Gasteiger partial charge in [0.05, 0.1) is 5.56 Å². The summed E-state index contributed by atoms with van der Waals surface area (Å²) in [5.74, 6) is 1.06. The van der Waals surface area contributed by atoms with Crippen LogP contribution in [0.4, 0.5) is 17.1 Å². The van der Waals surface area contributed by atoms with Crippen LogP contribution in [0, 0.1) is 6.92 Å². The third kappa shape index (κ3) is 4.49. The minimum absolute atomic E-state index is 0.315. The first-order chi connectivity index (χ1) is 19.5. The maximum absolute atomic E-state index is 13.1. The maximum atomic E-state index is 13.1. The van der Waals surface area contributed by atoms with E-state index in [0.717, 1.165) is 46.7 Å². The standard InChI is InChI=1S/C35H36N2O3/c1-4-6-20-37(21-7-5-2)27-16-13-25(14-17-27)36-26-15-18-30-33(23-26)39-32-19-12-24(3)22-31(32)35(30)29-11-9-8-10-28(29)34(38)40-35/h8-19,22-23,36H,4-7,20-21H2,1-3H3. The lowest BCUT2D eigenvalue weighted by atomic mass is 9.77. The number of rotatable bonds is 9. The van der Waals surface area contributed by atoms with Gasteiger partial charge in [0.15, 0.2) is 5.60 Å². The van der Waals surface area contributed by atoms with Crippen molar-refractivity contribution < 1.29 is 14.3 Å². The molecule has 0 aliphatic carbocycles. The third-order valence-corrected chi connectivity index (χ3v) is 7.95. The van der Waals surface area contributed by atoms with E-state index in [9.17, 15) is 4.79 Å². The molecule has 0 bridgehead atoms. The van der Waals surface area contributed by atoms with Crippen LogP contribution in [0.1, 0.15) is 72.1 Å². The third-order valence-electron chi connectivity index (χ3n) is 7.95. The Morgan fingerprint density at radius 3 is 2.23 bits per heavy atom. The van der Waals surface area contributed by atoms with Crippen LogP contribution in [-0.2, 0) is 10.3 Å². The van der Waals surface area contributed by atoms with Crippen LogP contribution in [0.5, 0.6) is 11.5 Å². The summed E-state index contributed by atoms with van der Waals surface area (Å²) in [5, 5.41) is 3.54. The lowest BCUT2D eigenvalue weighted by Crippen LogP contribution is -2.33. The highest BCUT2D eigenvalue weighted by molar-refractivity contribution is 5.97. The summed E-state index contributed by atoms with van der Waals surface area (Å²) < 4.78 is 12.7. The van der Waals surface area contributed by atoms with Gasteiger partial charge in [-0.2, -0.15) is 0 Å². The molecule has 0 saturated carbocycles. The summed E-state index contributed by atoms with van der Waals surface area (Å²) in [6.45, 7) is 8.69. The molecular weight excluding hydrogens is 496 g/mol. The number of unbranched alkanes of at least 4 members (excludes halogenated alkanes) is 2. The fourth-order valence-corrected chi connectivity index (χ4v) is 5.85. The highest BCUT2D eigenvalue weighted by Crippen LogP contribution is 2.56. The molecule has 5 nitrogen and oxygen atoms in total. The minimum atomic E-state index is -1.04. The van der Waals surface area contributed by atoms with E-state index < -0.39 is 5.60 Å². The van der Waals surface area contributed by atoms with Crippen molar-refractivity contribution in [3.63, 3.8) is 0 Å². The molecule has 1 spiro atoms. The van der Waals surface area contributed by atoms with E-state index in [0.29, 0.717) is 17.1 Å². The van der Waals surface area contributed by atoms with Gasteiger partial charge in [-0.15, -0.1) is 0 Å². The molecule has 0 radical (unpaired) electrons. The number of hydrogen-bond donors (Lipinski definition) is 1. The molecule has 0 fully saturated rings. The lowest BCUT2D eigenvalue weighted by molar-refractivity contribution is 0.0224. The molecule has 5 heteroatoms. The summed E-state index contributed by atoms with van der Waals surface area (Å²) in [5.41, 5.74) is 6.34. The second kappa shape index (κ2) is 10.7. The predicted octanol–water partition coefficient (Wildman–Crippen LogP) is 8.71. The second-order valence-corrected chi connectivity index (χ2v) is 10.8. The van der Waals surface area contributed by atoms with E-state index in [4.69, 9.17) is 9.47 Å². The molecule has 1 atom stereocenters. The smallest absolute Gasteiger partial charge is 0.340 e. The second-order valence-electron chi connectivity index (χ2n) is 10.8. The minimum Gasteiger partial charge on any atom is -0.456 e. The Morgan fingerprint density at radius 1 is 0.750 bits per heavy atom. The highest BCUT2D eigenvalue weighted by atomic mass is 16.6. The van der Waals surface area contributed by atoms with Crippen molar-refractivity contribution in [2.75, 3.05) is 23.3 Å². The van der Waals surface area contributed by atoms with Gasteiger partial charge in [0.2, 0.25) is 0 Å². The van der Waals surface area contributed by atoms with Gasteiger partial charge >= 0.3 is 5.97 Å². The molecule has 0 saturated heterocycles. The van der Waals surface area contributed by atoms with Gasteiger partial charge in [0.1, 0.15) is 11.5 Å². The van der Waals surface area contributed by atoms with Gasteiger partial charge in [-0.3, -0.25) is 0 Å². The molecular formula is C35H36N2O3. The molecule has 4 aromatic carbocycles. The van der Waals surface area contributed by atoms with E-state index >= 15 is 0 Å². The number of fused-ring (bicyclic) bond motifs is 6. The van der Waals surface area contributed by atoms with E-state index in [2.05, 4.69) is 54.4 Å². The van der Waals surface area contributed by atoms with Crippen LogP contribution in [0.15, 0.2) is 84.9 Å². The molecule has 4 aromatic rings. The van der Waals surface area contributed by atoms with Crippen molar-refractivity contribution in [3.8, 4) is 11.5 Å². The highest BCUT2D eigenvalue weighted by Gasteiger charge is 2.53. The molecule has 2 aliphatic heterocycles. The molecule has 0 aromatic heterocycles. The first-order valence-electron chi connectivity index (χ1n) is 14.4. The average Bonchev–Trinajstić information content (AvgIpc) is 3.27. The monoisotopic (exact) mass is 532 g/mol. The number of nitrogens with zero attached hydrogens (tertiary/aromatic N) is 1. The Morgan fingerprint density at radius 2 is 1.48 bits per heavy atom. The maximum Gasteiger partial charge on any atom is 0.340 e. The van der Waals surface area contributed by atoms with Crippen molar-refractivity contribution in [3.05, 3.63) is 113 Å². The van der Waals surface area contributed by atoms with Gasteiger partial charge in [-0.1, -0.05) is 56.5 Å². The van der Waals surface area contributed by atoms with Crippen LogP contribution >= 0.6 is 0 Å². The van der Waals surface area contributed by atoms with E-state index in [1.807, 2.05) is 61.5 Å². The summed E-state index contributed by atoms with van der Waals surface area (Å²) in [6, 6.07) is 28.4. The van der Waals surface area contributed by atoms with Crippen LogP contribution in [0.3, 0.4) is 0 Å². The SMILES string of the molecule is CCCCN(CCCC)c1ccc(Nc2ccc3c(c2)Oc2ccc(C)cc2C32OC(=O)c3ccccc32)cc1. The predicted molar refractivity (Wildman–Crippen MR) is 161 cm³/mol. The van der Waals surface area contributed by atoms with Crippen molar-refractivity contribution in [1.29, 1.82) is 0 Å². The molecule has 204 valence electrons. The Bertz CT molecular complexity index is 1540. The molecule has 2 heterocycles. The van der Waals surface area contributed by atoms with Crippen LogP contribution < -0.4 is 15.0 Å². The molecule has 6 rings (SSSR count). The zero-order chi connectivity index (χ0) is 27.7. The normalized spacial score (nSPS) is 16.5. The molecule has 1 N–H and O–H groups in total. The summed E-state index contributed by atoms with van der Waals surface area (Å²) in [7, 11) is 0. The molecule has 1 unspecified atom stereocenters. The number of aryl methyl sites for hydroxylation is 1. The van der Waals surface area contributed by atoms with Crippen LogP contribution in [0.25, 0.3) is 0 Å². The van der Waals surface area contributed by atoms with E-state index in [1.165, 1.54) is 31.4 Å². The molecule has 2 aliphatic rings. The van der Waals surface area contributed by atoms with Crippen molar-refractivity contribution >= 4 is 23.0 Å². The number of benzene rings is 4. The Labute approximate surface area is 236 Å². The lowest BCUT2D eigenvalue weighted by Gasteiger charge is -2.37. The van der Waals surface area contributed by atoms with E-state index in [-0.39, 0.29) is 5.97 Å². The largest absolute Gasteiger partial charge is 0.456 e. The van der Waals surface area contributed by atoms with Crippen molar-refractivity contribution in [1.82, 2.24) is 0 Å². The van der Waals surface area contributed by atoms with Crippen molar-refractivity contribution in [2.24, 2.45) is 0 Å². The zero-order valence-electron chi connectivity index (χ0n) is 23.5. The van der Waals surface area contributed by atoms with E-state index in [1.54, 1.807) is 0 Å². The van der Waals surface area contributed by atoms with Gasteiger partial charge < -0.3 is 19.7 Å². The Balaban J connectivity index is 1.33. The number of carbonyl (C=O) groups excluding carboxylic acids is 1. The van der Waals surface area contributed by atoms with Crippen molar-refractivity contribution in [2.45, 2.75) is 52.1 Å². The fourth-order valence-electron chi connectivity index (χ4n) is 5.85. The number of hydrogen-bond acceptors (Lipinski definition) is 5. The van der Waals surface area contributed by atoms with Gasteiger partial charge in [-0.05, 0) is 74.4 Å². The summed E-state index contributed by atoms with van der Waals surface area (Å²) in [6.07, 6.45) is 4.78. The number of nitrogens with one attached hydrogen (secondary N) is 1. The quantitative estimate of drug-likeness (QED) is 0.219. The van der Waals surface area contributed by atoms with Gasteiger partial charge in [0.25, 0.3) is 0 Å². The Hall–Kier alpha value is -4.25. The average molecular weight is 533 g/mol. The summed E-state index contributed by atoms with van der Waals surface area (Å²) >= 11 is 0. The number of esters is 1. The first kappa shape index (κ1) is 26.0.